The highest BCUT2D eigenvalue weighted by Crippen LogP contribution is 2.29. The quantitative estimate of drug-likeness (QED) is 0.926. The Morgan fingerprint density at radius 3 is 2.50 bits per heavy atom. The van der Waals surface area contributed by atoms with Crippen LogP contribution in [0, 0.1) is 12.3 Å². The zero-order valence-electron chi connectivity index (χ0n) is 12.6. The van der Waals surface area contributed by atoms with Crippen molar-refractivity contribution in [2.45, 2.75) is 40.7 Å². The number of anilines is 1. The predicted molar refractivity (Wildman–Crippen MR) is 85.1 cm³/mol. The van der Waals surface area contributed by atoms with E-state index in [1.54, 1.807) is 4.68 Å². The number of halogens is 1. The first-order chi connectivity index (χ1) is 9.28. The normalized spacial score (nSPS) is 11.8. The minimum absolute atomic E-state index is 0.137. The van der Waals surface area contributed by atoms with Gasteiger partial charge in [0.05, 0.1) is 12.2 Å². The molecule has 0 bridgehead atoms. The van der Waals surface area contributed by atoms with E-state index in [4.69, 9.17) is 17.3 Å². The molecule has 3 nitrogen and oxygen atoms in total. The summed E-state index contributed by atoms with van der Waals surface area (Å²) < 4.78 is 1.80. The van der Waals surface area contributed by atoms with Crippen LogP contribution in [0.4, 0.5) is 5.82 Å². The molecule has 0 atom stereocenters. The largest absolute Gasteiger partial charge is 0.383 e. The van der Waals surface area contributed by atoms with E-state index in [0.29, 0.717) is 17.4 Å². The molecular formula is C16H22ClN3. The van der Waals surface area contributed by atoms with E-state index < -0.39 is 0 Å². The van der Waals surface area contributed by atoms with Gasteiger partial charge in [0, 0.05) is 0 Å². The minimum atomic E-state index is 0.137. The molecule has 0 aliphatic carbocycles. The highest BCUT2D eigenvalue weighted by Gasteiger charge is 2.20. The lowest BCUT2D eigenvalue weighted by atomic mass is 9.91. The Morgan fingerprint density at radius 2 is 1.90 bits per heavy atom. The van der Waals surface area contributed by atoms with E-state index in [0.717, 1.165) is 12.1 Å². The first-order valence-corrected chi connectivity index (χ1v) is 7.21. The minimum Gasteiger partial charge on any atom is -0.383 e. The maximum atomic E-state index is 6.32. The van der Waals surface area contributed by atoms with Crippen LogP contribution in [0.3, 0.4) is 0 Å². The van der Waals surface area contributed by atoms with Crippen LogP contribution in [0.2, 0.25) is 5.02 Å². The summed E-state index contributed by atoms with van der Waals surface area (Å²) in [7, 11) is 0. The number of nitrogens with two attached hydrogens (primary N) is 1. The van der Waals surface area contributed by atoms with E-state index in [1.807, 2.05) is 12.1 Å². The summed E-state index contributed by atoms with van der Waals surface area (Å²) in [5, 5.41) is 5.18. The summed E-state index contributed by atoms with van der Waals surface area (Å²) in [4.78, 5) is 0. The molecule has 1 aromatic heterocycles. The number of nitrogen functional groups attached to an aromatic ring is 1. The van der Waals surface area contributed by atoms with E-state index >= 15 is 0 Å². The summed E-state index contributed by atoms with van der Waals surface area (Å²) in [5.74, 6) is 0.550. The molecule has 2 aromatic rings. The van der Waals surface area contributed by atoms with Crippen LogP contribution < -0.4 is 5.73 Å². The van der Waals surface area contributed by atoms with Crippen molar-refractivity contribution < 1.29 is 0 Å². The van der Waals surface area contributed by atoms with Crippen LogP contribution in [0.25, 0.3) is 0 Å². The first-order valence-electron chi connectivity index (χ1n) is 6.83. The maximum Gasteiger partial charge on any atom is 0.141 e. The van der Waals surface area contributed by atoms with Gasteiger partial charge in [0.25, 0.3) is 0 Å². The van der Waals surface area contributed by atoms with Crippen molar-refractivity contribution in [1.29, 1.82) is 0 Å². The summed E-state index contributed by atoms with van der Waals surface area (Å²) >= 11 is 6.32. The lowest BCUT2D eigenvalue weighted by molar-refractivity contribution is 0.404. The van der Waals surface area contributed by atoms with Gasteiger partial charge in [0.1, 0.15) is 10.8 Å². The van der Waals surface area contributed by atoms with Crippen molar-refractivity contribution >= 4 is 17.4 Å². The number of hydrogen-bond donors (Lipinski definition) is 1. The molecule has 0 spiro atoms. The van der Waals surface area contributed by atoms with Gasteiger partial charge in [0.2, 0.25) is 0 Å². The van der Waals surface area contributed by atoms with E-state index in [2.05, 4.69) is 44.9 Å². The van der Waals surface area contributed by atoms with Gasteiger partial charge in [-0.25, -0.2) is 4.68 Å². The fourth-order valence-corrected chi connectivity index (χ4v) is 2.39. The third-order valence-electron chi connectivity index (χ3n) is 3.28. The Kier molecular flexibility index (Phi) is 4.09. The highest BCUT2D eigenvalue weighted by molar-refractivity contribution is 6.33. The van der Waals surface area contributed by atoms with E-state index in [9.17, 15) is 0 Å². The molecule has 4 heteroatoms. The summed E-state index contributed by atoms with van der Waals surface area (Å²) in [5.41, 5.74) is 9.55. The Labute approximate surface area is 125 Å². The summed E-state index contributed by atoms with van der Waals surface area (Å²) in [6.07, 6.45) is 0.816. The van der Waals surface area contributed by atoms with Crippen molar-refractivity contribution in [3.8, 4) is 0 Å². The molecule has 0 aliphatic rings. The number of aromatic nitrogens is 2. The smallest absolute Gasteiger partial charge is 0.141 e. The second-order valence-electron chi connectivity index (χ2n) is 6.47. The van der Waals surface area contributed by atoms with Crippen molar-refractivity contribution in [3.05, 3.63) is 46.1 Å². The third kappa shape index (κ3) is 3.34. The van der Waals surface area contributed by atoms with E-state index in [1.165, 1.54) is 11.1 Å². The number of aryl methyl sites for hydroxylation is 1. The fraction of sp³-hybridized carbons (Fsp3) is 0.438. The van der Waals surface area contributed by atoms with Crippen molar-refractivity contribution in [2.24, 2.45) is 5.41 Å². The zero-order chi connectivity index (χ0) is 14.9. The van der Waals surface area contributed by atoms with Gasteiger partial charge in [-0.15, -0.1) is 0 Å². The highest BCUT2D eigenvalue weighted by atomic mass is 35.5. The van der Waals surface area contributed by atoms with Gasteiger partial charge < -0.3 is 5.73 Å². The van der Waals surface area contributed by atoms with Crippen LogP contribution in [0.15, 0.2) is 24.3 Å². The van der Waals surface area contributed by atoms with Gasteiger partial charge in [-0.1, -0.05) is 56.6 Å². The van der Waals surface area contributed by atoms with Crippen LogP contribution >= 0.6 is 11.6 Å². The molecule has 2 rings (SSSR count). The second-order valence-corrected chi connectivity index (χ2v) is 6.85. The Bertz CT molecular complexity index is 609. The SMILES string of the molecule is Cc1ccccc1Cn1nc(CC(C)(C)C)c(Cl)c1N. The fourth-order valence-electron chi connectivity index (χ4n) is 2.19. The van der Waals surface area contributed by atoms with Crippen molar-refractivity contribution in [3.63, 3.8) is 0 Å². The molecule has 1 heterocycles. The Balaban J connectivity index is 2.30. The molecule has 0 radical (unpaired) electrons. The second kappa shape index (κ2) is 5.49. The van der Waals surface area contributed by atoms with Crippen molar-refractivity contribution in [2.75, 3.05) is 5.73 Å². The first kappa shape index (κ1) is 14.9. The molecular weight excluding hydrogens is 270 g/mol. The zero-order valence-corrected chi connectivity index (χ0v) is 13.3. The lowest BCUT2D eigenvalue weighted by Crippen LogP contribution is -2.11. The Morgan fingerprint density at radius 1 is 1.25 bits per heavy atom. The van der Waals surface area contributed by atoms with Crippen LogP contribution in [-0.4, -0.2) is 9.78 Å². The number of benzene rings is 1. The molecule has 1 aromatic carbocycles. The van der Waals surface area contributed by atoms with Gasteiger partial charge in [0.15, 0.2) is 0 Å². The molecule has 0 aliphatic heterocycles. The number of rotatable bonds is 3. The van der Waals surface area contributed by atoms with Crippen LogP contribution in [-0.2, 0) is 13.0 Å². The lowest BCUT2D eigenvalue weighted by Gasteiger charge is -2.16. The molecule has 0 unspecified atom stereocenters. The van der Waals surface area contributed by atoms with E-state index in [-0.39, 0.29) is 5.41 Å². The number of nitrogens with zero attached hydrogens (tertiary/aromatic N) is 2. The molecule has 0 saturated carbocycles. The molecule has 20 heavy (non-hydrogen) atoms. The molecule has 108 valence electrons. The third-order valence-corrected chi connectivity index (χ3v) is 3.69. The molecule has 0 fully saturated rings. The molecule has 0 saturated heterocycles. The van der Waals surface area contributed by atoms with Crippen LogP contribution in [0.1, 0.15) is 37.6 Å². The maximum absolute atomic E-state index is 6.32. The van der Waals surface area contributed by atoms with Gasteiger partial charge >= 0.3 is 0 Å². The summed E-state index contributed by atoms with van der Waals surface area (Å²) in [6, 6.07) is 8.24. The average Bonchev–Trinajstić information content (AvgIpc) is 2.59. The van der Waals surface area contributed by atoms with Crippen molar-refractivity contribution in [1.82, 2.24) is 9.78 Å². The molecule has 2 N–H and O–H groups in total. The predicted octanol–water partition coefficient (Wildman–Crippen LogP) is 4.06. The number of hydrogen-bond acceptors (Lipinski definition) is 2. The topological polar surface area (TPSA) is 43.8 Å². The standard InChI is InChI=1S/C16H22ClN3/c1-11-7-5-6-8-12(11)10-20-15(18)14(17)13(19-20)9-16(2,3)4/h5-8H,9-10,18H2,1-4H3. The van der Waals surface area contributed by atoms with Crippen LogP contribution in [0.5, 0.6) is 0 Å². The average molecular weight is 292 g/mol. The monoisotopic (exact) mass is 291 g/mol. The Hall–Kier alpha value is -1.48. The van der Waals surface area contributed by atoms with Gasteiger partial charge in [-0.3, -0.25) is 0 Å². The van der Waals surface area contributed by atoms with Gasteiger partial charge in [-0.05, 0) is 29.9 Å². The molecule has 0 amide bonds. The summed E-state index contributed by atoms with van der Waals surface area (Å²) in [6.45, 7) is 9.24. The van der Waals surface area contributed by atoms with Gasteiger partial charge in [-0.2, -0.15) is 5.10 Å².